The fourth-order valence-corrected chi connectivity index (χ4v) is 3.63. The highest BCUT2D eigenvalue weighted by molar-refractivity contribution is 7.13. The number of hydrogen-bond donors (Lipinski definition) is 1. The highest BCUT2D eigenvalue weighted by atomic mass is 35.5. The summed E-state index contributed by atoms with van der Waals surface area (Å²) in [4.78, 5) is 18.7. The Morgan fingerprint density at radius 3 is 3.00 bits per heavy atom. The summed E-state index contributed by atoms with van der Waals surface area (Å²) in [6.45, 7) is 2.70. The van der Waals surface area contributed by atoms with E-state index >= 15 is 0 Å². The molecule has 0 radical (unpaired) electrons. The van der Waals surface area contributed by atoms with E-state index in [0.717, 1.165) is 36.6 Å². The number of piperidine rings is 1. The number of anilines is 1. The quantitative estimate of drug-likeness (QED) is 0.823. The molecule has 1 N–H and O–H groups in total. The van der Waals surface area contributed by atoms with Gasteiger partial charge in [-0.3, -0.25) is 4.79 Å². The summed E-state index contributed by atoms with van der Waals surface area (Å²) in [5.41, 5.74) is 0.960. The fraction of sp³-hybridized carbons (Fsp3) is 0.333. The van der Waals surface area contributed by atoms with Crippen molar-refractivity contribution < 1.29 is 4.79 Å². The van der Waals surface area contributed by atoms with Gasteiger partial charge < -0.3 is 10.2 Å². The van der Waals surface area contributed by atoms with Crippen molar-refractivity contribution in [2.75, 3.05) is 24.5 Å². The maximum absolute atomic E-state index is 12.0. The van der Waals surface area contributed by atoms with E-state index in [9.17, 15) is 4.79 Å². The van der Waals surface area contributed by atoms with Crippen molar-refractivity contribution >= 4 is 40.1 Å². The summed E-state index contributed by atoms with van der Waals surface area (Å²) in [5.74, 6) is 0.409. The number of carbonyl (C=O) groups excluding carboxylic acids is 1. The van der Waals surface area contributed by atoms with E-state index in [2.05, 4.69) is 15.2 Å². The van der Waals surface area contributed by atoms with E-state index in [1.807, 2.05) is 35.8 Å². The number of benzene rings is 1. The van der Waals surface area contributed by atoms with Crippen LogP contribution in [0.1, 0.15) is 18.4 Å². The number of nitrogens with one attached hydrogen (secondary N) is 1. The van der Waals surface area contributed by atoms with Crippen molar-refractivity contribution in [2.24, 2.45) is 5.92 Å². The minimum absolute atomic E-state index is 0.0590. The monoisotopic (exact) mass is 361 g/mol. The third-order valence-corrected chi connectivity index (χ3v) is 5.16. The van der Waals surface area contributed by atoms with E-state index in [1.54, 1.807) is 23.5 Å². The number of aromatic nitrogens is 1. The van der Waals surface area contributed by atoms with Gasteiger partial charge in [0.05, 0.1) is 0 Å². The van der Waals surface area contributed by atoms with E-state index in [1.165, 1.54) is 0 Å². The summed E-state index contributed by atoms with van der Waals surface area (Å²) in [6, 6.07) is 7.40. The molecule has 2 aromatic rings. The topological polar surface area (TPSA) is 45.2 Å². The predicted molar refractivity (Wildman–Crippen MR) is 101 cm³/mol. The van der Waals surface area contributed by atoms with Gasteiger partial charge in [-0.25, -0.2) is 4.98 Å². The van der Waals surface area contributed by atoms with Gasteiger partial charge in [-0.1, -0.05) is 23.7 Å². The molecule has 1 aromatic carbocycles. The highest BCUT2D eigenvalue weighted by Crippen LogP contribution is 2.24. The second-order valence-corrected chi connectivity index (χ2v) is 7.21. The van der Waals surface area contributed by atoms with E-state index in [0.29, 0.717) is 17.5 Å². The molecule has 2 heterocycles. The zero-order valence-corrected chi connectivity index (χ0v) is 14.9. The van der Waals surface area contributed by atoms with Crippen LogP contribution in [0.3, 0.4) is 0 Å². The minimum Gasteiger partial charge on any atom is -0.352 e. The zero-order chi connectivity index (χ0) is 16.8. The lowest BCUT2D eigenvalue weighted by molar-refractivity contribution is -0.116. The van der Waals surface area contributed by atoms with E-state index < -0.39 is 0 Å². The van der Waals surface area contributed by atoms with Crippen molar-refractivity contribution in [2.45, 2.75) is 12.8 Å². The van der Waals surface area contributed by atoms with Crippen LogP contribution in [-0.4, -0.2) is 30.5 Å². The van der Waals surface area contributed by atoms with Gasteiger partial charge >= 0.3 is 0 Å². The molecule has 0 bridgehead atoms. The summed E-state index contributed by atoms with van der Waals surface area (Å²) >= 11 is 7.52. The molecule has 1 aliphatic rings. The first kappa shape index (κ1) is 17.0. The largest absolute Gasteiger partial charge is 0.352 e. The standard InChI is InChI=1S/C18H20ClN3OS/c19-16-6-3-14(4-7-16)5-8-17(23)21-12-15-2-1-10-22(13-15)18-20-9-11-24-18/h3-9,11,15H,1-2,10,12-13H2,(H,21,23)/b8-5+. The zero-order valence-electron chi connectivity index (χ0n) is 13.3. The molecule has 1 amide bonds. The first-order valence-electron chi connectivity index (χ1n) is 8.06. The van der Waals surface area contributed by atoms with Crippen LogP contribution in [0.4, 0.5) is 5.13 Å². The van der Waals surface area contributed by atoms with Gasteiger partial charge in [0.2, 0.25) is 5.91 Å². The molecule has 3 rings (SSSR count). The van der Waals surface area contributed by atoms with Crippen LogP contribution in [0, 0.1) is 5.92 Å². The average molecular weight is 362 g/mol. The smallest absolute Gasteiger partial charge is 0.244 e. The Hall–Kier alpha value is -1.85. The maximum Gasteiger partial charge on any atom is 0.244 e. The Morgan fingerprint density at radius 1 is 1.42 bits per heavy atom. The van der Waals surface area contributed by atoms with Gasteiger partial charge in [-0.2, -0.15) is 0 Å². The normalized spacial score (nSPS) is 18.0. The van der Waals surface area contributed by atoms with Crippen molar-refractivity contribution in [1.82, 2.24) is 10.3 Å². The summed E-state index contributed by atoms with van der Waals surface area (Å²) in [5, 5.41) is 6.78. The number of amides is 1. The lowest BCUT2D eigenvalue weighted by Crippen LogP contribution is -2.40. The molecule has 1 unspecified atom stereocenters. The third kappa shape index (κ3) is 4.82. The molecule has 6 heteroatoms. The Labute approximate surface area is 151 Å². The Kier molecular flexibility index (Phi) is 5.88. The first-order chi connectivity index (χ1) is 11.7. The first-order valence-corrected chi connectivity index (χ1v) is 9.32. The predicted octanol–water partition coefficient (Wildman–Crippen LogP) is 3.84. The lowest BCUT2D eigenvalue weighted by Gasteiger charge is -2.32. The highest BCUT2D eigenvalue weighted by Gasteiger charge is 2.21. The number of carbonyl (C=O) groups is 1. The van der Waals surface area contributed by atoms with Gasteiger partial charge in [-0.05, 0) is 42.5 Å². The lowest BCUT2D eigenvalue weighted by atomic mass is 9.98. The maximum atomic E-state index is 12.0. The van der Waals surface area contributed by atoms with Crippen LogP contribution in [0.2, 0.25) is 5.02 Å². The number of hydrogen-bond acceptors (Lipinski definition) is 4. The summed E-state index contributed by atoms with van der Waals surface area (Å²) in [6.07, 6.45) is 7.50. The van der Waals surface area contributed by atoms with Crippen LogP contribution in [0.15, 0.2) is 41.9 Å². The summed E-state index contributed by atoms with van der Waals surface area (Å²) in [7, 11) is 0. The second-order valence-electron chi connectivity index (χ2n) is 5.90. The molecule has 0 saturated carbocycles. The number of rotatable bonds is 5. The Balaban J connectivity index is 1.46. The Morgan fingerprint density at radius 2 is 2.25 bits per heavy atom. The minimum atomic E-state index is -0.0590. The fourth-order valence-electron chi connectivity index (χ4n) is 2.83. The van der Waals surface area contributed by atoms with E-state index in [4.69, 9.17) is 11.6 Å². The molecule has 24 heavy (non-hydrogen) atoms. The SMILES string of the molecule is O=C(/C=C/c1ccc(Cl)cc1)NCC1CCCN(c2nccs2)C1. The number of thiazole rings is 1. The summed E-state index contributed by atoms with van der Waals surface area (Å²) < 4.78 is 0. The molecule has 1 aromatic heterocycles. The molecular weight excluding hydrogens is 342 g/mol. The van der Waals surface area contributed by atoms with E-state index in [-0.39, 0.29) is 5.91 Å². The average Bonchev–Trinajstić information content (AvgIpc) is 3.14. The number of nitrogens with zero attached hydrogens (tertiary/aromatic N) is 2. The van der Waals surface area contributed by atoms with Gasteiger partial charge in [0, 0.05) is 42.3 Å². The molecule has 4 nitrogen and oxygen atoms in total. The molecule has 1 saturated heterocycles. The molecule has 126 valence electrons. The van der Waals surface area contributed by atoms with Gasteiger partial charge in [0.25, 0.3) is 0 Å². The van der Waals surface area contributed by atoms with Gasteiger partial charge in [0.15, 0.2) is 5.13 Å². The molecule has 0 spiro atoms. The van der Waals surface area contributed by atoms with Gasteiger partial charge in [0.1, 0.15) is 0 Å². The molecule has 1 aliphatic heterocycles. The van der Waals surface area contributed by atoms with Crippen LogP contribution in [-0.2, 0) is 4.79 Å². The van der Waals surface area contributed by atoms with Crippen LogP contribution >= 0.6 is 22.9 Å². The molecule has 1 atom stereocenters. The molecule has 0 aliphatic carbocycles. The molecular formula is C18H20ClN3OS. The Bertz CT molecular complexity index is 685. The van der Waals surface area contributed by atoms with Crippen LogP contribution in [0.5, 0.6) is 0 Å². The van der Waals surface area contributed by atoms with Crippen molar-refractivity contribution in [3.63, 3.8) is 0 Å². The second kappa shape index (κ2) is 8.31. The third-order valence-electron chi connectivity index (χ3n) is 4.07. The van der Waals surface area contributed by atoms with Crippen molar-refractivity contribution in [3.05, 3.63) is 52.5 Å². The van der Waals surface area contributed by atoms with Gasteiger partial charge in [-0.15, -0.1) is 11.3 Å². The van der Waals surface area contributed by atoms with Crippen molar-refractivity contribution in [3.8, 4) is 0 Å². The van der Waals surface area contributed by atoms with Crippen LogP contribution in [0.25, 0.3) is 6.08 Å². The number of halogens is 1. The van der Waals surface area contributed by atoms with Crippen LogP contribution < -0.4 is 10.2 Å². The van der Waals surface area contributed by atoms with Crippen molar-refractivity contribution in [1.29, 1.82) is 0 Å². The molecule has 1 fully saturated rings.